The number of aromatic amines is 1. The number of fused-ring (bicyclic) bond motifs is 2. The first kappa shape index (κ1) is 21.1. The van der Waals surface area contributed by atoms with E-state index in [0.717, 1.165) is 48.1 Å². The van der Waals surface area contributed by atoms with Crippen molar-refractivity contribution in [1.82, 2.24) is 29.8 Å². The van der Waals surface area contributed by atoms with Crippen LogP contribution in [0.5, 0.6) is 0 Å². The molecule has 0 spiro atoms. The minimum absolute atomic E-state index is 0.125. The summed E-state index contributed by atoms with van der Waals surface area (Å²) < 4.78 is 0. The molecule has 2 fully saturated rings. The van der Waals surface area contributed by atoms with E-state index in [9.17, 15) is 4.79 Å². The molecule has 1 aliphatic carbocycles. The topological polar surface area (TPSA) is 103 Å². The van der Waals surface area contributed by atoms with E-state index >= 15 is 0 Å². The number of hydrogen-bond donors (Lipinski definition) is 2. The molecule has 1 unspecified atom stereocenters. The third-order valence-corrected chi connectivity index (χ3v) is 7.03. The highest BCUT2D eigenvalue weighted by molar-refractivity contribution is 6.36. The van der Waals surface area contributed by atoms with Crippen LogP contribution in [0.3, 0.4) is 0 Å². The average molecular weight is 477 g/mol. The zero-order valence-electron chi connectivity index (χ0n) is 18.8. The summed E-state index contributed by atoms with van der Waals surface area (Å²) in [6.45, 7) is 5.02. The highest BCUT2D eigenvalue weighted by Gasteiger charge is 2.35. The summed E-state index contributed by atoms with van der Waals surface area (Å²) in [5.41, 5.74) is 4.31. The number of carbonyl (C=O) groups is 1. The Morgan fingerprint density at radius 1 is 1.15 bits per heavy atom. The van der Waals surface area contributed by atoms with Gasteiger partial charge in [0.15, 0.2) is 11.5 Å². The van der Waals surface area contributed by atoms with E-state index in [4.69, 9.17) is 16.6 Å². The number of nitrogens with zero attached hydrogens (tertiary/aromatic N) is 6. The molecule has 2 aliphatic rings. The van der Waals surface area contributed by atoms with E-state index < -0.39 is 0 Å². The summed E-state index contributed by atoms with van der Waals surface area (Å²) in [5.74, 6) is 1.21. The van der Waals surface area contributed by atoms with Crippen molar-refractivity contribution >= 4 is 51.1 Å². The van der Waals surface area contributed by atoms with Crippen LogP contribution in [0.25, 0.3) is 22.1 Å². The monoisotopic (exact) mass is 476 g/mol. The summed E-state index contributed by atoms with van der Waals surface area (Å²) in [6.07, 6.45) is 6.99. The second kappa shape index (κ2) is 8.39. The molecule has 4 heterocycles. The molecular weight excluding hydrogens is 452 g/mol. The number of nitrogens with one attached hydrogen (secondary N) is 2. The van der Waals surface area contributed by atoms with Gasteiger partial charge in [0, 0.05) is 49.2 Å². The predicted molar refractivity (Wildman–Crippen MR) is 132 cm³/mol. The van der Waals surface area contributed by atoms with Crippen LogP contribution in [-0.2, 0) is 4.79 Å². The first-order valence-corrected chi connectivity index (χ1v) is 12.0. The lowest BCUT2D eigenvalue weighted by Gasteiger charge is -2.38. The molecule has 9 nitrogen and oxygen atoms in total. The molecule has 1 aromatic carbocycles. The van der Waals surface area contributed by atoms with Gasteiger partial charge in [0.1, 0.15) is 11.8 Å². The lowest BCUT2D eigenvalue weighted by molar-refractivity contribution is -0.132. The van der Waals surface area contributed by atoms with Gasteiger partial charge < -0.3 is 20.1 Å². The molecule has 2 N–H and O–H groups in total. The third kappa shape index (κ3) is 3.69. The number of carbonyl (C=O) groups excluding carboxylic acids is 1. The van der Waals surface area contributed by atoms with Crippen LogP contribution in [0, 0.1) is 5.92 Å². The fourth-order valence-corrected chi connectivity index (χ4v) is 5.03. The largest absolute Gasteiger partial charge is 0.366 e. The van der Waals surface area contributed by atoms with Crippen LogP contribution < -0.4 is 10.2 Å². The van der Waals surface area contributed by atoms with Crippen molar-refractivity contribution in [2.45, 2.75) is 25.8 Å². The number of aromatic nitrogens is 5. The molecule has 0 bridgehead atoms. The molecule has 1 aliphatic heterocycles. The number of imidazole rings is 1. The summed E-state index contributed by atoms with van der Waals surface area (Å²) in [4.78, 5) is 37.7. The van der Waals surface area contributed by atoms with Crippen LogP contribution in [0.1, 0.15) is 31.4 Å². The fourth-order valence-electron chi connectivity index (χ4n) is 4.76. The number of anilines is 2. The van der Waals surface area contributed by atoms with Crippen molar-refractivity contribution in [2.75, 3.05) is 36.4 Å². The number of piperazine rings is 1. The van der Waals surface area contributed by atoms with Crippen LogP contribution in [-0.4, -0.2) is 61.9 Å². The molecule has 1 atom stereocenters. The third-order valence-electron chi connectivity index (χ3n) is 6.72. The van der Waals surface area contributed by atoms with E-state index in [1.807, 2.05) is 23.1 Å². The molecule has 174 valence electrons. The standard InChI is InChI=1S/C24H25ClN8O/c1-14(31-23-20-22(28-12-27-20)29-13-30-23)17-11-18(25)16-3-2-6-26-19(16)21(17)32-7-9-33(10-8-32)24(34)15-4-5-15/h2-3,6,11-15H,4-5,7-10H2,1H3,(H2,27,28,29,30,31). The van der Waals surface area contributed by atoms with E-state index in [0.29, 0.717) is 41.0 Å². The molecule has 1 saturated heterocycles. The Labute approximate surface area is 201 Å². The lowest BCUT2D eigenvalue weighted by atomic mass is 10.0. The van der Waals surface area contributed by atoms with Gasteiger partial charge in [0.2, 0.25) is 5.91 Å². The number of H-pyrrole nitrogens is 1. The Morgan fingerprint density at radius 2 is 1.97 bits per heavy atom. The molecule has 10 heteroatoms. The quantitative estimate of drug-likeness (QED) is 0.451. The van der Waals surface area contributed by atoms with Gasteiger partial charge in [-0.05, 0) is 38.0 Å². The van der Waals surface area contributed by atoms with E-state index in [-0.39, 0.29) is 12.0 Å². The number of pyridine rings is 1. The van der Waals surface area contributed by atoms with Crippen molar-refractivity contribution in [3.05, 3.63) is 47.6 Å². The Morgan fingerprint density at radius 3 is 2.76 bits per heavy atom. The zero-order valence-corrected chi connectivity index (χ0v) is 19.6. The number of halogens is 1. The van der Waals surface area contributed by atoms with Crippen molar-refractivity contribution in [3.8, 4) is 0 Å². The van der Waals surface area contributed by atoms with Gasteiger partial charge in [-0.1, -0.05) is 11.6 Å². The lowest BCUT2D eigenvalue weighted by Crippen LogP contribution is -2.49. The highest BCUT2D eigenvalue weighted by atomic mass is 35.5. The van der Waals surface area contributed by atoms with Gasteiger partial charge in [-0.3, -0.25) is 9.78 Å². The maximum atomic E-state index is 12.6. The zero-order chi connectivity index (χ0) is 23.2. The second-order valence-corrected chi connectivity index (χ2v) is 9.38. The Balaban J connectivity index is 1.36. The van der Waals surface area contributed by atoms with Crippen LogP contribution in [0.2, 0.25) is 5.02 Å². The number of hydrogen-bond acceptors (Lipinski definition) is 7. The molecule has 0 radical (unpaired) electrons. The Kier molecular flexibility index (Phi) is 5.21. The van der Waals surface area contributed by atoms with Crippen LogP contribution in [0.4, 0.5) is 11.5 Å². The number of benzene rings is 1. The van der Waals surface area contributed by atoms with Crippen molar-refractivity contribution in [1.29, 1.82) is 0 Å². The van der Waals surface area contributed by atoms with Gasteiger partial charge in [0.05, 0.1) is 28.6 Å². The van der Waals surface area contributed by atoms with E-state index in [2.05, 4.69) is 37.1 Å². The van der Waals surface area contributed by atoms with Gasteiger partial charge in [0.25, 0.3) is 0 Å². The molecule has 1 saturated carbocycles. The van der Waals surface area contributed by atoms with Gasteiger partial charge in [-0.2, -0.15) is 0 Å². The predicted octanol–water partition coefficient (Wildman–Crippen LogP) is 3.79. The second-order valence-electron chi connectivity index (χ2n) is 8.97. The average Bonchev–Trinajstić information content (AvgIpc) is 3.60. The minimum Gasteiger partial charge on any atom is -0.366 e. The minimum atomic E-state index is -0.125. The maximum Gasteiger partial charge on any atom is 0.225 e. The number of amides is 1. The van der Waals surface area contributed by atoms with Crippen LogP contribution >= 0.6 is 11.6 Å². The first-order valence-electron chi connectivity index (χ1n) is 11.6. The maximum absolute atomic E-state index is 12.6. The Bertz CT molecular complexity index is 1380. The summed E-state index contributed by atoms with van der Waals surface area (Å²) in [6, 6.07) is 5.80. The first-order chi connectivity index (χ1) is 16.6. The van der Waals surface area contributed by atoms with Crippen molar-refractivity contribution in [3.63, 3.8) is 0 Å². The van der Waals surface area contributed by atoms with Gasteiger partial charge in [-0.15, -0.1) is 0 Å². The van der Waals surface area contributed by atoms with Crippen LogP contribution in [0.15, 0.2) is 37.1 Å². The SMILES string of the molecule is CC(Nc1ncnc2[nH]cnc12)c1cc(Cl)c2cccnc2c1N1CCN(C(=O)C2CC2)CC1. The van der Waals surface area contributed by atoms with Gasteiger partial charge in [-0.25, -0.2) is 15.0 Å². The number of rotatable bonds is 5. The summed E-state index contributed by atoms with van der Waals surface area (Å²) >= 11 is 6.72. The van der Waals surface area contributed by atoms with Crippen molar-refractivity contribution in [2.24, 2.45) is 5.92 Å². The molecule has 34 heavy (non-hydrogen) atoms. The van der Waals surface area contributed by atoms with Gasteiger partial charge >= 0.3 is 0 Å². The van der Waals surface area contributed by atoms with Crippen molar-refractivity contribution < 1.29 is 4.79 Å². The Hall–Kier alpha value is -3.46. The van der Waals surface area contributed by atoms with E-state index in [1.54, 1.807) is 12.5 Å². The molecule has 6 rings (SSSR count). The molecule has 3 aromatic heterocycles. The van der Waals surface area contributed by atoms with E-state index in [1.165, 1.54) is 6.33 Å². The highest BCUT2D eigenvalue weighted by Crippen LogP contribution is 2.39. The normalized spacial score (nSPS) is 17.4. The smallest absolute Gasteiger partial charge is 0.225 e. The summed E-state index contributed by atoms with van der Waals surface area (Å²) in [5, 5.41) is 5.08. The molecule has 1 amide bonds. The fraction of sp³-hybridized carbons (Fsp3) is 0.375. The summed E-state index contributed by atoms with van der Waals surface area (Å²) in [7, 11) is 0. The molecular formula is C24H25ClN8O. The molecule has 4 aromatic rings.